The first-order valence-electron chi connectivity index (χ1n) is 7.05. The van der Waals surface area contributed by atoms with Crippen molar-refractivity contribution in [2.45, 2.75) is 19.4 Å². The molecule has 0 bridgehead atoms. The Morgan fingerprint density at radius 2 is 2.17 bits per heavy atom. The van der Waals surface area contributed by atoms with Gasteiger partial charge in [-0.3, -0.25) is 9.59 Å². The van der Waals surface area contributed by atoms with Crippen molar-refractivity contribution in [1.29, 1.82) is 0 Å². The van der Waals surface area contributed by atoms with E-state index in [9.17, 15) is 9.59 Å². The lowest BCUT2D eigenvalue weighted by Crippen LogP contribution is -2.29. The Morgan fingerprint density at radius 3 is 2.83 bits per heavy atom. The van der Waals surface area contributed by atoms with E-state index >= 15 is 0 Å². The van der Waals surface area contributed by atoms with E-state index in [0.29, 0.717) is 5.65 Å². The molecule has 0 aliphatic carbocycles. The molecular weight excluding hydrogens is 314 g/mol. The van der Waals surface area contributed by atoms with Gasteiger partial charge in [-0.2, -0.15) is 0 Å². The van der Waals surface area contributed by atoms with Crippen LogP contribution in [0.1, 0.15) is 33.5 Å². The van der Waals surface area contributed by atoms with Crippen molar-refractivity contribution in [3.8, 4) is 0 Å². The number of carboxylic acid groups (broad SMARTS) is 1. The van der Waals surface area contributed by atoms with Crippen molar-refractivity contribution in [3.05, 3.63) is 58.2 Å². The number of hydrogen-bond donors (Lipinski definition) is 2. The molecule has 7 heteroatoms. The molecule has 3 aromatic rings. The standard InChI is InChI=1S/C16H15N3O3S/c1-10-4-2-6-14-17-12(9-19(10)14)16(22)18-11(8-15(20)21)13-5-3-7-23-13/h2-7,9,11H,8H2,1H3,(H,18,22)(H,20,21). The third-order valence-corrected chi connectivity index (χ3v) is 4.49. The molecule has 0 fully saturated rings. The van der Waals surface area contributed by atoms with E-state index in [2.05, 4.69) is 10.3 Å². The molecule has 3 heterocycles. The number of carbonyl (C=O) groups is 2. The molecule has 0 spiro atoms. The normalized spacial score (nSPS) is 12.2. The highest BCUT2D eigenvalue weighted by Crippen LogP contribution is 2.22. The van der Waals surface area contributed by atoms with Crippen LogP contribution in [-0.4, -0.2) is 26.4 Å². The highest BCUT2D eigenvalue weighted by Gasteiger charge is 2.21. The number of pyridine rings is 1. The fraction of sp³-hybridized carbons (Fsp3) is 0.188. The number of amides is 1. The van der Waals surface area contributed by atoms with Crippen LogP contribution >= 0.6 is 11.3 Å². The second-order valence-corrected chi connectivity index (χ2v) is 6.14. The Bertz CT molecular complexity index is 855. The molecule has 0 aromatic carbocycles. The highest BCUT2D eigenvalue weighted by atomic mass is 32.1. The molecule has 1 unspecified atom stereocenters. The first-order valence-corrected chi connectivity index (χ1v) is 7.93. The van der Waals surface area contributed by atoms with E-state index in [0.717, 1.165) is 10.6 Å². The lowest BCUT2D eigenvalue weighted by Gasteiger charge is -2.14. The fourth-order valence-electron chi connectivity index (χ4n) is 2.38. The smallest absolute Gasteiger partial charge is 0.305 e. The van der Waals surface area contributed by atoms with Crippen molar-refractivity contribution < 1.29 is 14.7 Å². The summed E-state index contributed by atoms with van der Waals surface area (Å²) in [4.78, 5) is 28.6. The summed E-state index contributed by atoms with van der Waals surface area (Å²) in [7, 11) is 0. The summed E-state index contributed by atoms with van der Waals surface area (Å²) in [6.07, 6.45) is 1.49. The van der Waals surface area contributed by atoms with Crippen molar-refractivity contribution in [3.63, 3.8) is 0 Å². The zero-order chi connectivity index (χ0) is 16.4. The van der Waals surface area contributed by atoms with Crippen LogP contribution < -0.4 is 5.32 Å². The third-order valence-electron chi connectivity index (χ3n) is 3.50. The molecule has 118 valence electrons. The minimum absolute atomic E-state index is 0.168. The lowest BCUT2D eigenvalue weighted by atomic mass is 10.1. The van der Waals surface area contributed by atoms with E-state index in [1.165, 1.54) is 11.3 Å². The number of hydrogen-bond acceptors (Lipinski definition) is 4. The van der Waals surface area contributed by atoms with Gasteiger partial charge in [-0.15, -0.1) is 11.3 Å². The number of fused-ring (bicyclic) bond motifs is 1. The van der Waals surface area contributed by atoms with Crippen LogP contribution in [0, 0.1) is 6.92 Å². The van der Waals surface area contributed by atoms with Crippen LogP contribution in [0.25, 0.3) is 5.65 Å². The van der Waals surface area contributed by atoms with Crippen molar-refractivity contribution in [1.82, 2.24) is 14.7 Å². The number of nitrogens with one attached hydrogen (secondary N) is 1. The minimum atomic E-state index is -0.963. The van der Waals surface area contributed by atoms with E-state index in [4.69, 9.17) is 5.11 Å². The van der Waals surface area contributed by atoms with Gasteiger partial charge in [-0.25, -0.2) is 4.98 Å². The van der Waals surface area contributed by atoms with E-state index in [1.807, 2.05) is 47.0 Å². The SMILES string of the molecule is Cc1cccc2nc(C(=O)NC(CC(=O)O)c3cccs3)cn12. The van der Waals surface area contributed by atoms with Crippen molar-refractivity contribution in [2.75, 3.05) is 0 Å². The number of thiophene rings is 1. The summed E-state index contributed by atoms with van der Waals surface area (Å²) in [5.41, 5.74) is 1.92. The molecule has 3 aromatic heterocycles. The molecule has 1 atom stereocenters. The van der Waals surface area contributed by atoms with Gasteiger partial charge in [0.05, 0.1) is 12.5 Å². The van der Waals surface area contributed by atoms with Gasteiger partial charge in [0.25, 0.3) is 5.91 Å². The topological polar surface area (TPSA) is 83.7 Å². The van der Waals surface area contributed by atoms with Gasteiger partial charge >= 0.3 is 5.97 Å². The Kier molecular flexibility index (Phi) is 4.12. The molecule has 1 amide bonds. The predicted molar refractivity (Wildman–Crippen MR) is 86.7 cm³/mol. The number of rotatable bonds is 5. The molecule has 23 heavy (non-hydrogen) atoms. The van der Waals surface area contributed by atoms with E-state index in [-0.39, 0.29) is 18.0 Å². The van der Waals surface area contributed by atoms with E-state index < -0.39 is 12.0 Å². The molecule has 0 radical (unpaired) electrons. The van der Waals surface area contributed by atoms with Gasteiger partial charge < -0.3 is 14.8 Å². The zero-order valence-electron chi connectivity index (χ0n) is 12.4. The van der Waals surface area contributed by atoms with Gasteiger partial charge in [0.1, 0.15) is 11.3 Å². The maximum atomic E-state index is 12.4. The first-order chi connectivity index (χ1) is 11.0. The van der Waals surface area contributed by atoms with Gasteiger partial charge in [0.15, 0.2) is 0 Å². The molecular formula is C16H15N3O3S. The second kappa shape index (κ2) is 6.21. The van der Waals surface area contributed by atoms with Crippen LogP contribution in [0.15, 0.2) is 41.9 Å². The third kappa shape index (κ3) is 3.24. The van der Waals surface area contributed by atoms with Crippen molar-refractivity contribution in [2.24, 2.45) is 0 Å². The maximum absolute atomic E-state index is 12.4. The summed E-state index contributed by atoms with van der Waals surface area (Å²) in [5, 5.41) is 13.7. The summed E-state index contributed by atoms with van der Waals surface area (Å²) in [6.45, 7) is 1.93. The molecule has 6 nitrogen and oxygen atoms in total. The Labute approximate surface area is 136 Å². The number of carboxylic acids is 1. The van der Waals surface area contributed by atoms with E-state index in [1.54, 1.807) is 6.20 Å². The largest absolute Gasteiger partial charge is 0.481 e. The molecule has 0 saturated heterocycles. The summed E-state index contributed by atoms with van der Waals surface area (Å²) < 4.78 is 1.83. The van der Waals surface area contributed by atoms with Gasteiger partial charge in [-0.05, 0) is 30.5 Å². The van der Waals surface area contributed by atoms with Crippen LogP contribution in [0.5, 0.6) is 0 Å². The molecule has 0 saturated carbocycles. The number of aryl methyl sites for hydroxylation is 1. The first kappa shape index (κ1) is 15.2. The number of aliphatic carboxylic acids is 1. The number of carbonyl (C=O) groups excluding carboxylic acids is 1. The fourth-order valence-corrected chi connectivity index (χ4v) is 3.15. The second-order valence-electron chi connectivity index (χ2n) is 5.16. The molecule has 2 N–H and O–H groups in total. The number of aromatic nitrogens is 2. The van der Waals surface area contributed by atoms with Gasteiger partial charge in [0.2, 0.25) is 0 Å². The minimum Gasteiger partial charge on any atom is -0.481 e. The van der Waals surface area contributed by atoms with Crippen molar-refractivity contribution >= 4 is 28.9 Å². The lowest BCUT2D eigenvalue weighted by molar-refractivity contribution is -0.137. The summed E-state index contributed by atoms with van der Waals surface area (Å²) in [5.74, 6) is -1.35. The Morgan fingerprint density at radius 1 is 1.35 bits per heavy atom. The zero-order valence-corrected chi connectivity index (χ0v) is 13.2. The maximum Gasteiger partial charge on any atom is 0.305 e. The number of imidazole rings is 1. The summed E-state index contributed by atoms with van der Waals surface area (Å²) >= 11 is 1.41. The Hall–Kier alpha value is -2.67. The average Bonchev–Trinajstić information content (AvgIpc) is 3.16. The van der Waals surface area contributed by atoms with Gasteiger partial charge in [-0.1, -0.05) is 12.1 Å². The average molecular weight is 329 g/mol. The molecule has 0 aliphatic rings. The predicted octanol–water partition coefficient (Wildman–Crippen LogP) is 2.65. The van der Waals surface area contributed by atoms with Crippen LogP contribution in [0.2, 0.25) is 0 Å². The van der Waals surface area contributed by atoms with Crippen LogP contribution in [0.4, 0.5) is 0 Å². The Balaban J connectivity index is 1.85. The van der Waals surface area contributed by atoms with Crippen LogP contribution in [-0.2, 0) is 4.79 Å². The summed E-state index contributed by atoms with van der Waals surface area (Å²) in [6, 6.07) is 8.69. The quantitative estimate of drug-likeness (QED) is 0.754. The van der Waals surface area contributed by atoms with Gasteiger partial charge in [0, 0.05) is 16.8 Å². The van der Waals surface area contributed by atoms with Crippen LogP contribution in [0.3, 0.4) is 0 Å². The molecule has 3 rings (SSSR count). The molecule has 0 aliphatic heterocycles. The monoisotopic (exact) mass is 329 g/mol. The number of nitrogens with zero attached hydrogens (tertiary/aromatic N) is 2. The highest BCUT2D eigenvalue weighted by molar-refractivity contribution is 7.10.